The van der Waals surface area contributed by atoms with E-state index in [9.17, 15) is 5.26 Å². The molecule has 1 heterocycles. The Morgan fingerprint density at radius 3 is 3.08 bits per heavy atom. The lowest BCUT2D eigenvalue weighted by molar-refractivity contribution is 0.0128. The Morgan fingerprint density at radius 2 is 2.27 bits per heavy atom. The summed E-state index contributed by atoms with van der Waals surface area (Å²) in [5.41, 5.74) is 7.08. The van der Waals surface area contributed by atoms with Crippen LogP contribution in [0.15, 0.2) is 52.8 Å². The predicted octanol–water partition coefficient (Wildman–Crippen LogP) is 3.64. The van der Waals surface area contributed by atoms with Crippen molar-refractivity contribution >= 4 is 11.9 Å². The quantitative estimate of drug-likeness (QED) is 0.903. The maximum atomic E-state index is 9.43. The zero-order valence-electron chi connectivity index (χ0n) is 14.9. The molecular weight excluding hydrogens is 326 g/mol. The molecule has 1 aromatic rings. The summed E-state index contributed by atoms with van der Waals surface area (Å²) in [7, 11) is 0. The van der Waals surface area contributed by atoms with Crippen molar-refractivity contribution in [3.63, 3.8) is 0 Å². The lowest BCUT2D eigenvalue weighted by Crippen LogP contribution is -2.24. The number of rotatable bonds is 4. The number of nitrogens with one attached hydrogen (secondary N) is 1. The Morgan fingerprint density at radius 1 is 1.38 bits per heavy atom. The largest absolute Gasteiger partial charge is 0.490 e. The van der Waals surface area contributed by atoms with Gasteiger partial charge in [-0.15, -0.1) is 0 Å². The van der Waals surface area contributed by atoms with Crippen molar-refractivity contribution < 1.29 is 9.57 Å². The summed E-state index contributed by atoms with van der Waals surface area (Å²) >= 11 is 0. The second-order valence-electron chi connectivity index (χ2n) is 6.90. The van der Waals surface area contributed by atoms with Crippen LogP contribution in [0, 0.1) is 17.2 Å². The Kier molecular flexibility index (Phi) is 4.36. The molecule has 26 heavy (non-hydrogen) atoms. The van der Waals surface area contributed by atoms with Crippen molar-refractivity contribution in [3.05, 3.63) is 64.4 Å². The molecule has 0 fully saturated rings. The van der Waals surface area contributed by atoms with Gasteiger partial charge in [-0.2, -0.15) is 5.26 Å². The van der Waals surface area contributed by atoms with Crippen LogP contribution >= 0.6 is 0 Å². The van der Waals surface area contributed by atoms with E-state index in [0.29, 0.717) is 11.3 Å². The second-order valence-corrected chi connectivity index (χ2v) is 6.90. The topological polar surface area (TPSA) is 66.6 Å². The lowest BCUT2D eigenvalue weighted by atomic mass is 9.94. The molecule has 2 aliphatic carbocycles. The molecule has 4 rings (SSSR count). The van der Waals surface area contributed by atoms with Crippen LogP contribution in [0.25, 0.3) is 6.08 Å². The highest BCUT2D eigenvalue weighted by Crippen LogP contribution is 2.31. The maximum absolute atomic E-state index is 9.43. The summed E-state index contributed by atoms with van der Waals surface area (Å²) in [5, 5.41) is 9.43. The Hall–Kier alpha value is -2.84. The first-order chi connectivity index (χ1) is 12.7. The van der Waals surface area contributed by atoms with Crippen LogP contribution in [0.3, 0.4) is 0 Å². The van der Waals surface area contributed by atoms with E-state index in [4.69, 9.17) is 14.6 Å². The summed E-state index contributed by atoms with van der Waals surface area (Å²) in [6, 6.07) is 8.46. The van der Waals surface area contributed by atoms with Crippen LogP contribution in [0.5, 0.6) is 0 Å². The normalized spacial score (nSPS) is 23.7. The van der Waals surface area contributed by atoms with Gasteiger partial charge in [0.15, 0.2) is 12.1 Å². The summed E-state index contributed by atoms with van der Waals surface area (Å²) in [6.07, 6.45) is 9.53. The third kappa shape index (κ3) is 3.04. The fourth-order valence-electron chi connectivity index (χ4n) is 3.48. The number of benzene rings is 1. The van der Waals surface area contributed by atoms with Gasteiger partial charge in [-0.05, 0) is 43.9 Å². The number of nitrogens with zero attached hydrogens (tertiary/aromatic N) is 2. The Balaban J connectivity index is 1.55. The van der Waals surface area contributed by atoms with Crippen molar-refractivity contribution in [1.29, 1.82) is 5.26 Å². The first kappa shape index (κ1) is 16.6. The van der Waals surface area contributed by atoms with Gasteiger partial charge in [-0.25, -0.2) is 15.3 Å². The highest BCUT2D eigenvalue weighted by atomic mass is 16.7. The molecule has 0 aromatic heterocycles. The average molecular weight is 347 g/mol. The van der Waals surface area contributed by atoms with Crippen molar-refractivity contribution in [1.82, 2.24) is 5.48 Å². The minimum absolute atomic E-state index is 0.00136. The van der Waals surface area contributed by atoms with Crippen molar-refractivity contribution in [2.45, 2.75) is 39.0 Å². The molecule has 0 saturated carbocycles. The van der Waals surface area contributed by atoms with Crippen molar-refractivity contribution in [3.8, 4) is 6.07 Å². The van der Waals surface area contributed by atoms with Gasteiger partial charge in [0.1, 0.15) is 11.8 Å². The molecule has 0 radical (unpaired) electrons. The van der Waals surface area contributed by atoms with Gasteiger partial charge in [-0.3, -0.25) is 0 Å². The molecule has 2 unspecified atom stereocenters. The van der Waals surface area contributed by atoms with Gasteiger partial charge in [0, 0.05) is 11.5 Å². The summed E-state index contributed by atoms with van der Waals surface area (Å²) in [6.45, 7) is 3.91. The molecule has 0 saturated heterocycles. The predicted molar refractivity (Wildman–Crippen MR) is 99.8 cm³/mol. The number of amidine groups is 1. The molecule has 0 bridgehead atoms. The smallest absolute Gasteiger partial charge is 0.183 e. The number of fused-ring (bicyclic) bond motifs is 1. The molecule has 1 N–H and O–H groups in total. The fraction of sp³-hybridized carbons (Fsp3) is 0.333. The molecule has 1 aliphatic heterocycles. The number of nitriles is 1. The van der Waals surface area contributed by atoms with Crippen LogP contribution in [0.4, 0.5) is 0 Å². The maximum Gasteiger partial charge on any atom is 0.183 e. The van der Waals surface area contributed by atoms with Crippen LogP contribution in [0.2, 0.25) is 0 Å². The molecule has 3 aliphatic rings. The molecular formula is C21H21N3O2. The third-order valence-corrected chi connectivity index (χ3v) is 4.68. The Bertz CT molecular complexity index is 887. The van der Waals surface area contributed by atoms with Crippen molar-refractivity contribution in [2.75, 3.05) is 0 Å². The zero-order chi connectivity index (χ0) is 18.1. The van der Waals surface area contributed by atoms with E-state index in [1.165, 1.54) is 11.1 Å². The summed E-state index contributed by atoms with van der Waals surface area (Å²) in [4.78, 5) is 10.5. The number of allylic oxidation sites excluding steroid dienone is 3. The third-order valence-electron chi connectivity index (χ3n) is 4.68. The molecule has 5 heteroatoms. The van der Waals surface area contributed by atoms with Gasteiger partial charge in [0.25, 0.3) is 0 Å². The van der Waals surface area contributed by atoms with E-state index >= 15 is 0 Å². The van der Waals surface area contributed by atoms with E-state index < -0.39 is 0 Å². The van der Waals surface area contributed by atoms with Gasteiger partial charge in [-0.1, -0.05) is 36.4 Å². The monoisotopic (exact) mass is 347 g/mol. The lowest BCUT2D eigenvalue weighted by Gasteiger charge is -2.22. The van der Waals surface area contributed by atoms with E-state index in [-0.39, 0.29) is 18.2 Å². The number of hydrogen-bond donors (Lipinski definition) is 1. The number of hydroxylamine groups is 1. The van der Waals surface area contributed by atoms with Crippen LogP contribution in [0.1, 0.15) is 37.0 Å². The van der Waals surface area contributed by atoms with E-state index in [2.05, 4.69) is 35.8 Å². The van der Waals surface area contributed by atoms with Gasteiger partial charge < -0.3 is 4.74 Å². The summed E-state index contributed by atoms with van der Waals surface area (Å²) in [5.74, 6) is 1.40. The second kappa shape index (κ2) is 6.81. The van der Waals surface area contributed by atoms with Gasteiger partial charge in [0.05, 0.1) is 11.7 Å². The first-order valence-corrected chi connectivity index (χ1v) is 8.93. The standard InChI is InChI=1S/C21H21N3O2/c1-13(2)25-19-10-9-15(11-16(19)12-22)21-23-20(24-26-21)18-8-4-6-14-5-3-7-17(14)18/h3-4,6-8,10-11,13,15,21H,5,9H2,1-2H3,(H,23,24). The number of ether oxygens (including phenoxy) is 1. The average Bonchev–Trinajstić information content (AvgIpc) is 3.30. The van der Waals surface area contributed by atoms with E-state index in [1.54, 1.807) is 0 Å². The molecule has 0 spiro atoms. The van der Waals surface area contributed by atoms with Crippen LogP contribution in [-0.4, -0.2) is 18.2 Å². The van der Waals surface area contributed by atoms with Crippen LogP contribution < -0.4 is 5.48 Å². The van der Waals surface area contributed by atoms with Gasteiger partial charge >= 0.3 is 0 Å². The minimum Gasteiger partial charge on any atom is -0.490 e. The molecule has 2 atom stereocenters. The number of aliphatic imine (C=N–C) groups is 1. The zero-order valence-corrected chi connectivity index (χ0v) is 14.9. The number of hydrogen-bond acceptors (Lipinski definition) is 5. The summed E-state index contributed by atoms with van der Waals surface area (Å²) < 4.78 is 5.72. The van der Waals surface area contributed by atoms with E-state index in [1.807, 2.05) is 32.1 Å². The Labute approximate surface area is 153 Å². The van der Waals surface area contributed by atoms with E-state index in [0.717, 1.165) is 24.2 Å². The highest BCUT2D eigenvalue weighted by molar-refractivity contribution is 6.02. The van der Waals surface area contributed by atoms with Crippen molar-refractivity contribution in [2.24, 2.45) is 10.9 Å². The molecule has 0 amide bonds. The molecule has 1 aromatic carbocycles. The van der Waals surface area contributed by atoms with Gasteiger partial charge in [0.2, 0.25) is 0 Å². The SMILES string of the molecule is CC(C)OC1=CCC(C2N=C(c3cccc4c3C=CC4)NO2)C=C1C#N. The molecule has 132 valence electrons. The minimum atomic E-state index is -0.355. The van der Waals surface area contributed by atoms with Crippen LogP contribution in [-0.2, 0) is 16.0 Å². The molecule has 5 nitrogen and oxygen atoms in total. The fourth-order valence-corrected chi connectivity index (χ4v) is 3.48. The highest BCUT2D eigenvalue weighted by Gasteiger charge is 2.30. The first-order valence-electron chi connectivity index (χ1n) is 8.93.